The zero-order valence-electron chi connectivity index (χ0n) is 9.75. The number of carbonyl (C=O) groups excluding carboxylic acids is 1. The molecular formula is C14H8IN3O. The molecule has 0 unspecified atom stereocenters. The van der Waals surface area contributed by atoms with Gasteiger partial charge in [0.05, 0.1) is 11.4 Å². The maximum absolute atomic E-state index is 10.3. The van der Waals surface area contributed by atoms with E-state index in [1.807, 2.05) is 47.1 Å². The summed E-state index contributed by atoms with van der Waals surface area (Å²) in [4.78, 5) is 18.5. The second-order valence-corrected chi connectivity index (χ2v) is 5.24. The monoisotopic (exact) mass is 361 g/mol. The second-order valence-electron chi connectivity index (χ2n) is 3.99. The number of fused-ring (bicyclic) bond motifs is 1. The fraction of sp³-hybridized carbons (Fsp3) is 0. The Kier molecular flexibility index (Phi) is 3.15. The van der Waals surface area contributed by atoms with Crippen LogP contribution in [0.3, 0.4) is 0 Å². The van der Waals surface area contributed by atoms with Crippen LogP contribution in [0.15, 0.2) is 53.8 Å². The van der Waals surface area contributed by atoms with Crippen LogP contribution in [0.5, 0.6) is 0 Å². The van der Waals surface area contributed by atoms with E-state index < -0.39 is 0 Å². The molecule has 92 valence electrons. The van der Waals surface area contributed by atoms with Crippen molar-refractivity contribution in [2.45, 2.75) is 0 Å². The number of nitrogens with zero attached hydrogens (tertiary/aromatic N) is 3. The Balaban J connectivity index is 2.13. The first-order valence-corrected chi connectivity index (χ1v) is 6.67. The van der Waals surface area contributed by atoms with Gasteiger partial charge in [0, 0.05) is 21.5 Å². The second kappa shape index (κ2) is 4.95. The zero-order chi connectivity index (χ0) is 13.2. The lowest BCUT2D eigenvalue weighted by Crippen LogP contribution is -1.82. The van der Waals surface area contributed by atoms with Crippen molar-refractivity contribution in [3.8, 4) is 11.3 Å². The highest BCUT2D eigenvalue weighted by atomic mass is 127. The van der Waals surface area contributed by atoms with Crippen molar-refractivity contribution in [3.05, 3.63) is 52.4 Å². The van der Waals surface area contributed by atoms with E-state index >= 15 is 0 Å². The van der Waals surface area contributed by atoms with Crippen molar-refractivity contribution in [2.75, 3.05) is 0 Å². The highest BCUT2D eigenvalue weighted by Crippen LogP contribution is 2.24. The largest absolute Gasteiger partial charge is 0.305 e. The summed E-state index contributed by atoms with van der Waals surface area (Å²) in [5, 5.41) is 0. The van der Waals surface area contributed by atoms with Crippen LogP contribution in [0.25, 0.3) is 16.9 Å². The lowest BCUT2D eigenvalue weighted by atomic mass is 10.1. The van der Waals surface area contributed by atoms with E-state index in [1.165, 1.54) is 0 Å². The molecular weight excluding hydrogens is 353 g/mol. The Morgan fingerprint density at radius 3 is 2.95 bits per heavy atom. The van der Waals surface area contributed by atoms with Gasteiger partial charge in [0.15, 0.2) is 0 Å². The quantitative estimate of drug-likeness (QED) is 0.398. The van der Waals surface area contributed by atoms with E-state index in [2.05, 4.69) is 32.6 Å². The van der Waals surface area contributed by atoms with Gasteiger partial charge >= 0.3 is 0 Å². The molecule has 0 aliphatic heterocycles. The molecule has 0 bridgehead atoms. The van der Waals surface area contributed by atoms with Gasteiger partial charge in [0.1, 0.15) is 5.65 Å². The smallest absolute Gasteiger partial charge is 0.240 e. The van der Waals surface area contributed by atoms with E-state index in [-0.39, 0.29) is 0 Å². The number of pyridine rings is 1. The Bertz CT molecular complexity index is 803. The maximum atomic E-state index is 10.3. The van der Waals surface area contributed by atoms with Gasteiger partial charge in [-0.3, -0.25) is 0 Å². The third-order valence-corrected chi connectivity index (χ3v) is 3.37. The molecule has 19 heavy (non-hydrogen) atoms. The number of rotatable bonds is 2. The summed E-state index contributed by atoms with van der Waals surface area (Å²) >= 11 is 2.26. The summed E-state index contributed by atoms with van der Waals surface area (Å²) in [5.74, 6) is 0. The van der Waals surface area contributed by atoms with Gasteiger partial charge in [0.25, 0.3) is 0 Å². The van der Waals surface area contributed by atoms with Gasteiger partial charge in [-0.2, -0.15) is 4.99 Å². The highest BCUT2D eigenvalue weighted by Gasteiger charge is 2.05. The van der Waals surface area contributed by atoms with Crippen LogP contribution in [0, 0.1) is 3.57 Å². The maximum Gasteiger partial charge on any atom is 0.240 e. The van der Waals surface area contributed by atoms with Crippen LogP contribution in [-0.4, -0.2) is 15.5 Å². The van der Waals surface area contributed by atoms with Crippen molar-refractivity contribution >= 4 is 40.0 Å². The molecule has 3 aromatic rings. The first-order chi connectivity index (χ1) is 9.26. The average molecular weight is 361 g/mol. The lowest BCUT2D eigenvalue weighted by Gasteiger charge is -1.96. The summed E-state index contributed by atoms with van der Waals surface area (Å²) in [7, 11) is 0. The molecule has 0 spiro atoms. The standard InChI is InChI=1S/C14H8IN3O/c15-11-4-5-14-17-13(8-18(14)7-11)10-2-1-3-12(6-10)16-9-19/h1-8H. The fourth-order valence-electron chi connectivity index (χ4n) is 1.89. The van der Waals surface area contributed by atoms with Gasteiger partial charge in [0.2, 0.25) is 6.08 Å². The normalized spacial score (nSPS) is 10.4. The Labute approximate surface area is 123 Å². The number of hydrogen-bond acceptors (Lipinski definition) is 3. The SMILES string of the molecule is O=C=Nc1cccc(-c2cn3cc(I)ccc3n2)c1. The number of benzene rings is 1. The van der Waals surface area contributed by atoms with Crippen LogP contribution >= 0.6 is 22.6 Å². The summed E-state index contributed by atoms with van der Waals surface area (Å²) in [6.45, 7) is 0. The van der Waals surface area contributed by atoms with Gasteiger partial charge < -0.3 is 4.40 Å². The van der Waals surface area contributed by atoms with Gasteiger partial charge in [-0.15, -0.1) is 0 Å². The minimum Gasteiger partial charge on any atom is -0.305 e. The number of aliphatic imine (C=N–C) groups is 1. The number of aromatic nitrogens is 2. The predicted molar refractivity (Wildman–Crippen MR) is 81.1 cm³/mol. The minimum absolute atomic E-state index is 0.583. The third kappa shape index (κ3) is 2.43. The topological polar surface area (TPSA) is 46.7 Å². The molecule has 0 radical (unpaired) electrons. The summed E-state index contributed by atoms with van der Waals surface area (Å²) in [6.07, 6.45) is 5.52. The van der Waals surface area contributed by atoms with Crippen LogP contribution in [0.2, 0.25) is 0 Å². The molecule has 5 heteroatoms. The molecule has 4 nitrogen and oxygen atoms in total. The zero-order valence-corrected chi connectivity index (χ0v) is 11.9. The van der Waals surface area contributed by atoms with Crippen LogP contribution in [0.1, 0.15) is 0 Å². The van der Waals surface area contributed by atoms with Crippen molar-refractivity contribution in [1.82, 2.24) is 9.38 Å². The van der Waals surface area contributed by atoms with E-state index in [0.717, 1.165) is 20.5 Å². The number of hydrogen-bond donors (Lipinski definition) is 0. The predicted octanol–water partition coefficient (Wildman–Crippen LogP) is 3.57. The molecule has 0 fully saturated rings. The minimum atomic E-state index is 0.583. The summed E-state index contributed by atoms with van der Waals surface area (Å²) < 4.78 is 3.13. The van der Waals surface area contributed by atoms with E-state index in [9.17, 15) is 4.79 Å². The molecule has 2 aromatic heterocycles. The molecule has 0 saturated carbocycles. The van der Waals surface area contributed by atoms with Crippen molar-refractivity contribution in [2.24, 2.45) is 4.99 Å². The molecule has 2 heterocycles. The average Bonchev–Trinajstić information content (AvgIpc) is 2.82. The molecule has 0 aliphatic carbocycles. The lowest BCUT2D eigenvalue weighted by molar-refractivity contribution is 0.565. The van der Waals surface area contributed by atoms with Crippen LogP contribution in [0.4, 0.5) is 5.69 Å². The van der Waals surface area contributed by atoms with Gasteiger partial charge in [-0.05, 0) is 46.9 Å². The van der Waals surface area contributed by atoms with Crippen molar-refractivity contribution < 1.29 is 4.79 Å². The number of halogens is 1. The molecule has 0 amide bonds. The van der Waals surface area contributed by atoms with Gasteiger partial charge in [-0.1, -0.05) is 12.1 Å². The van der Waals surface area contributed by atoms with Crippen LogP contribution < -0.4 is 0 Å². The van der Waals surface area contributed by atoms with Gasteiger partial charge in [-0.25, -0.2) is 9.78 Å². The molecule has 3 rings (SSSR count). The van der Waals surface area contributed by atoms with E-state index in [1.54, 1.807) is 12.1 Å². The third-order valence-electron chi connectivity index (χ3n) is 2.73. The fourth-order valence-corrected chi connectivity index (χ4v) is 2.37. The molecule has 0 saturated heterocycles. The van der Waals surface area contributed by atoms with Crippen molar-refractivity contribution in [1.29, 1.82) is 0 Å². The Morgan fingerprint density at radius 2 is 2.11 bits per heavy atom. The first-order valence-electron chi connectivity index (χ1n) is 5.59. The van der Waals surface area contributed by atoms with Crippen LogP contribution in [-0.2, 0) is 4.79 Å². The molecule has 1 aromatic carbocycles. The highest BCUT2D eigenvalue weighted by molar-refractivity contribution is 14.1. The number of imidazole rings is 1. The number of isocyanates is 1. The Hall–Kier alpha value is -1.98. The molecule has 0 atom stereocenters. The van der Waals surface area contributed by atoms with E-state index in [4.69, 9.17) is 0 Å². The summed E-state index contributed by atoms with van der Waals surface area (Å²) in [6, 6.07) is 11.3. The van der Waals surface area contributed by atoms with Crippen molar-refractivity contribution in [3.63, 3.8) is 0 Å². The van der Waals surface area contributed by atoms with E-state index in [0.29, 0.717) is 5.69 Å². The Morgan fingerprint density at radius 1 is 1.21 bits per heavy atom. The summed E-state index contributed by atoms with van der Waals surface area (Å²) in [5.41, 5.74) is 3.25. The molecule has 0 aliphatic rings. The molecule has 0 N–H and O–H groups in total. The first kappa shape index (κ1) is 12.1.